The lowest BCUT2D eigenvalue weighted by Gasteiger charge is -2.42. The predicted octanol–water partition coefficient (Wildman–Crippen LogP) is 1.63. The van der Waals surface area contributed by atoms with Gasteiger partial charge in [-0.1, -0.05) is 0 Å². The van der Waals surface area contributed by atoms with Gasteiger partial charge in [0.1, 0.15) is 0 Å². The predicted molar refractivity (Wildman–Crippen MR) is 66.7 cm³/mol. The van der Waals surface area contributed by atoms with E-state index < -0.39 is 0 Å². The largest absolute Gasteiger partial charge is 0.375 e. The molecule has 0 aromatic heterocycles. The monoisotopic (exact) mass is 226 g/mol. The summed E-state index contributed by atoms with van der Waals surface area (Å²) in [6, 6.07) is 1.99. The number of nitrogens with zero attached hydrogens (tertiary/aromatic N) is 1. The summed E-state index contributed by atoms with van der Waals surface area (Å²) in [5, 5.41) is 3.34. The molecule has 1 saturated carbocycles. The molecule has 0 amide bonds. The van der Waals surface area contributed by atoms with Gasteiger partial charge in [0, 0.05) is 24.7 Å². The van der Waals surface area contributed by atoms with Crippen molar-refractivity contribution in [2.24, 2.45) is 0 Å². The Morgan fingerprint density at radius 1 is 1.38 bits per heavy atom. The first-order chi connectivity index (χ1) is 7.72. The summed E-state index contributed by atoms with van der Waals surface area (Å²) in [5.41, 5.74) is 0. The third-order valence-corrected chi connectivity index (χ3v) is 4.28. The number of fused-ring (bicyclic) bond motifs is 1. The molecule has 0 bridgehead atoms. The molecule has 1 heterocycles. The Bertz CT molecular complexity index is 222. The zero-order chi connectivity index (χ0) is 11.5. The van der Waals surface area contributed by atoms with E-state index in [1.54, 1.807) is 0 Å². The van der Waals surface area contributed by atoms with Crippen molar-refractivity contribution in [3.8, 4) is 0 Å². The molecule has 0 aromatic rings. The standard InChI is InChI=1S/C13H26N2O/c1-10(14-3)9-11(2)15-7-8-16-13-6-4-5-12(13)15/h10-14H,4-9H2,1-3H3. The molecular weight excluding hydrogens is 200 g/mol. The first-order valence-corrected chi connectivity index (χ1v) is 6.77. The van der Waals surface area contributed by atoms with Gasteiger partial charge in [-0.25, -0.2) is 0 Å². The average molecular weight is 226 g/mol. The smallest absolute Gasteiger partial charge is 0.0731 e. The van der Waals surface area contributed by atoms with Gasteiger partial charge in [-0.15, -0.1) is 0 Å². The Hall–Kier alpha value is -0.120. The molecule has 3 heteroatoms. The highest BCUT2D eigenvalue weighted by Gasteiger charge is 2.37. The van der Waals surface area contributed by atoms with Crippen molar-refractivity contribution >= 4 is 0 Å². The average Bonchev–Trinajstić information content (AvgIpc) is 2.76. The Morgan fingerprint density at radius 2 is 2.19 bits per heavy atom. The van der Waals surface area contributed by atoms with Crippen LogP contribution in [0.25, 0.3) is 0 Å². The van der Waals surface area contributed by atoms with Crippen LogP contribution in [-0.2, 0) is 4.74 Å². The maximum absolute atomic E-state index is 5.86. The molecule has 0 radical (unpaired) electrons. The highest BCUT2D eigenvalue weighted by atomic mass is 16.5. The van der Waals surface area contributed by atoms with Crippen molar-refractivity contribution in [3.05, 3.63) is 0 Å². The van der Waals surface area contributed by atoms with E-state index in [0.717, 1.165) is 13.2 Å². The lowest BCUT2D eigenvalue weighted by molar-refractivity contribution is -0.0709. The van der Waals surface area contributed by atoms with Gasteiger partial charge in [-0.3, -0.25) is 4.90 Å². The second-order valence-electron chi connectivity index (χ2n) is 5.42. The maximum Gasteiger partial charge on any atom is 0.0731 e. The molecule has 2 fully saturated rings. The molecule has 0 aromatic carbocycles. The van der Waals surface area contributed by atoms with Crippen molar-refractivity contribution in [3.63, 3.8) is 0 Å². The lowest BCUT2D eigenvalue weighted by Crippen LogP contribution is -2.53. The number of ether oxygens (including phenoxy) is 1. The summed E-state index contributed by atoms with van der Waals surface area (Å²) in [6.07, 6.45) is 5.72. The summed E-state index contributed by atoms with van der Waals surface area (Å²) < 4.78 is 5.86. The molecular formula is C13H26N2O. The van der Waals surface area contributed by atoms with Gasteiger partial charge in [0.15, 0.2) is 0 Å². The van der Waals surface area contributed by atoms with E-state index >= 15 is 0 Å². The summed E-state index contributed by atoms with van der Waals surface area (Å²) in [6.45, 7) is 6.69. The van der Waals surface area contributed by atoms with Gasteiger partial charge in [0.25, 0.3) is 0 Å². The number of hydrogen-bond donors (Lipinski definition) is 1. The van der Waals surface area contributed by atoms with Crippen molar-refractivity contribution in [2.75, 3.05) is 20.2 Å². The van der Waals surface area contributed by atoms with Crippen molar-refractivity contribution in [1.29, 1.82) is 0 Å². The molecule has 16 heavy (non-hydrogen) atoms. The molecule has 3 nitrogen and oxygen atoms in total. The van der Waals surface area contributed by atoms with E-state index in [2.05, 4.69) is 31.1 Å². The van der Waals surface area contributed by atoms with Gasteiger partial charge in [-0.2, -0.15) is 0 Å². The fourth-order valence-corrected chi connectivity index (χ4v) is 3.27. The molecule has 4 unspecified atom stereocenters. The highest BCUT2D eigenvalue weighted by Crippen LogP contribution is 2.31. The molecule has 2 aliphatic rings. The van der Waals surface area contributed by atoms with Crippen LogP contribution in [0.4, 0.5) is 0 Å². The minimum atomic E-state index is 0.529. The van der Waals surface area contributed by atoms with Crippen LogP contribution in [-0.4, -0.2) is 49.3 Å². The van der Waals surface area contributed by atoms with Gasteiger partial charge in [-0.05, 0) is 46.6 Å². The van der Waals surface area contributed by atoms with E-state index in [1.165, 1.54) is 25.7 Å². The van der Waals surface area contributed by atoms with E-state index in [0.29, 0.717) is 24.2 Å². The number of rotatable bonds is 4. The Morgan fingerprint density at radius 3 is 2.94 bits per heavy atom. The van der Waals surface area contributed by atoms with Crippen LogP contribution in [0.1, 0.15) is 39.5 Å². The fourth-order valence-electron chi connectivity index (χ4n) is 3.27. The number of hydrogen-bond acceptors (Lipinski definition) is 3. The summed E-state index contributed by atoms with van der Waals surface area (Å²) in [7, 11) is 2.05. The van der Waals surface area contributed by atoms with Gasteiger partial charge >= 0.3 is 0 Å². The SMILES string of the molecule is CNC(C)CC(C)N1CCOC2CCCC21. The number of morpholine rings is 1. The third kappa shape index (κ3) is 2.58. The molecule has 1 saturated heterocycles. The van der Waals surface area contributed by atoms with Crippen LogP contribution in [0, 0.1) is 0 Å². The first-order valence-electron chi connectivity index (χ1n) is 6.77. The van der Waals surface area contributed by atoms with Crippen LogP contribution >= 0.6 is 0 Å². The molecule has 2 rings (SSSR count). The van der Waals surface area contributed by atoms with Crippen LogP contribution in [0.15, 0.2) is 0 Å². The molecule has 0 spiro atoms. The lowest BCUT2D eigenvalue weighted by atomic mass is 10.0. The zero-order valence-electron chi connectivity index (χ0n) is 10.9. The molecule has 4 atom stereocenters. The van der Waals surface area contributed by atoms with E-state index in [4.69, 9.17) is 4.74 Å². The summed E-state index contributed by atoms with van der Waals surface area (Å²) in [4.78, 5) is 2.69. The van der Waals surface area contributed by atoms with Crippen LogP contribution < -0.4 is 5.32 Å². The molecule has 1 aliphatic heterocycles. The Labute approximate surface area is 99.5 Å². The quantitative estimate of drug-likeness (QED) is 0.788. The van der Waals surface area contributed by atoms with Crippen LogP contribution in [0.2, 0.25) is 0 Å². The van der Waals surface area contributed by atoms with Crippen molar-refractivity contribution in [1.82, 2.24) is 10.2 Å². The summed E-state index contributed by atoms with van der Waals surface area (Å²) in [5.74, 6) is 0. The number of nitrogens with one attached hydrogen (secondary N) is 1. The first kappa shape index (κ1) is 12.3. The summed E-state index contributed by atoms with van der Waals surface area (Å²) >= 11 is 0. The normalized spacial score (nSPS) is 34.7. The fraction of sp³-hybridized carbons (Fsp3) is 1.00. The molecule has 1 aliphatic carbocycles. The van der Waals surface area contributed by atoms with E-state index in [1.807, 2.05) is 0 Å². The maximum atomic E-state index is 5.86. The Balaban J connectivity index is 1.91. The highest BCUT2D eigenvalue weighted by molar-refractivity contribution is 4.91. The third-order valence-electron chi connectivity index (χ3n) is 4.28. The van der Waals surface area contributed by atoms with Crippen molar-refractivity contribution < 1.29 is 4.74 Å². The van der Waals surface area contributed by atoms with E-state index in [-0.39, 0.29) is 0 Å². The van der Waals surface area contributed by atoms with Gasteiger partial charge in [0.2, 0.25) is 0 Å². The minimum Gasteiger partial charge on any atom is -0.375 e. The van der Waals surface area contributed by atoms with Crippen LogP contribution in [0.3, 0.4) is 0 Å². The van der Waals surface area contributed by atoms with E-state index in [9.17, 15) is 0 Å². The second kappa shape index (κ2) is 5.48. The van der Waals surface area contributed by atoms with Gasteiger partial charge in [0.05, 0.1) is 12.7 Å². The minimum absolute atomic E-state index is 0.529. The van der Waals surface area contributed by atoms with Crippen molar-refractivity contribution in [2.45, 2.75) is 63.8 Å². The Kier molecular flexibility index (Phi) is 4.22. The topological polar surface area (TPSA) is 24.5 Å². The van der Waals surface area contributed by atoms with Crippen LogP contribution in [0.5, 0.6) is 0 Å². The zero-order valence-corrected chi connectivity index (χ0v) is 10.9. The molecule has 94 valence electrons. The second-order valence-corrected chi connectivity index (χ2v) is 5.42. The molecule has 1 N–H and O–H groups in total. The van der Waals surface area contributed by atoms with Gasteiger partial charge < -0.3 is 10.1 Å².